The summed E-state index contributed by atoms with van der Waals surface area (Å²) in [5, 5.41) is 3.28. The van der Waals surface area contributed by atoms with Crippen molar-refractivity contribution in [3.05, 3.63) is 124 Å². The largest absolute Gasteiger partial charge is 0.477 e. The monoisotopic (exact) mass is 681 g/mol. The number of hydrogen-bond acceptors (Lipinski definition) is 5. The third-order valence-electron chi connectivity index (χ3n) is 6.99. The molecule has 0 aliphatic carbocycles. The van der Waals surface area contributed by atoms with Gasteiger partial charge in [-0.05, 0) is 60.0 Å². The maximum absolute atomic E-state index is 13.9. The lowest BCUT2D eigenvalue weighted by atomic mass is 10.1. The molecule has 5 rings (SSSR count). The van der Waals surface area contributed by atoms with Gasteiger partial charge in [-0.15, -0.1) is 0 Å². The van der Waals surface area contributed by atoms with Crippen molar-refractivity contribution in [2.45, 2.75) is 24.0 Å². The van der Waals surface area contributed by atoms with Crippen LogP contribution in [0.25, 0.3) is 0 Å². The lowest BCUT2D eigenvalue weighted by molar-refractivity contribution is -0.128. The molecule has 1 atom stereocenters. The van der Waals surface area contributed by atoms with Crippen LogP contribution in [0.4, 0.5) is 5.69 Å². The van der Waals surface area contributed by atoms with Crippen molar-refractivity contribution in [1.29, 1.82) is 0 Å². The molecule has 0 saturated heterocycles. The molecule has 0 fully saturated rings. The number of ether oxygens (including phenoxy) is 1. The molecule has 1 aliphatic rings. The van der Waals surface area contributed by atoms with E-state index in [0.717, 1.165) is 14.3 Å². The Morgan fingerprint density at radius 1 is 0.930 bits per heavy atom. The number of para-hydroxylation sites is 2. The molecule has 0 spiro atoms. The molecule has 0 bridgehead atoms. The first kappa shape index (κ1) is 30.7. The zero-order chi connectivity index (χ0) is 30.4. The van der Waals surface area contributed by atoms with E-state index in [9.17, 15) is 18.0 Å². The molecule has 222 valence electrons. The van der Waals surface area contributed by atoms with Crippen molar-refractivity contribution in [3.8, 4) is 5.75 Å². The van der Waals surface area contributed by atoms with E-state index in [-0.39, 0.29) is 23.9 Å². The van der Waals surface area contributed by atoms with Crippen LogP contribution in [0.3, 0.4) is 0 Å². The van der Waals surface area contributed by atoms with Gasteiger partial charge in [0.15, 0.2) is 6.10 Å². The van der Waals surface area contributed by atoms with E-state index in [1.165, 1.54) is 17.0 Å². The number of carbonyl (C=O) groups excluding carboxylic acids is 2. The molecule has 1 aliphatic heterocycles. The van der Waals surface area contributed by atoms with Gasteiger partial charge >= 0.3 is 0 Å². The number of rotatable bonds is 10. The van der Waals surface area contributed by atoms with Crippen LogP contribution in [-0.2, 0) is 32.6 Å². The van der Waals surface area contributed by atoms with Gasteiger partial charge in [-0.3, -0.25) is 9.59 Å². The van der Waals surface area contributed by atoms with E-state index in [1.807, 2.05) is 30.3 Å². The van der Waals surface area contributed by atoms with Crippen LogP contribution in [0, 0.1) is 0 Å². The quantitative estimate of drug-likeness (QED) is 0.240. The van der Waals surface area contributed by atoms with Gasteiger partial charge in [-0.2, -0.15) is 4.31 Å². The van der Waals surface area contributed by atoms with Crippen molar-refractivity contribution in [2.75, 3.05) is 24.5 Å². The average molecular weight is 683 g/mol. The number of nitrogens with zero attached hydrogens (tertiary/aromatic N) is 2. The Kier molecular flexibility index (Phi) is 9.82. The molecule has 2 amide bonds. The number of halogens is 2. The SMILES string of the molecule is O=C(NCCc1ccccc1)C1CN(C(=O)CN(Cc2ccccc2Cl)S(=O)(=O)c2ccc(Br)cc2)c2ccccc2O1. The molecule has 4 aromatic rings. The number of nitrogens with one attached hydrogen (secondary N) is 1. The third-order valence-corrected chi connectivity index (χ3v) is 9.69. The molecule has 11 heteroatoms. The van der Waals surface area contributed by atoms with E-state index < -0.39 is 28.6 Å². The molecule has 0 saturated carbocycles. The highest BCUT2D eigenvalue weighted by Gasteiger charge is 2.36. The summed E-state index contributed by atoms with van der Waals surface area (Å²) in [4.78, 5) is 28.5. The summed E-state index contributed by atoms with van der Waals surface area (Å²) < 4.78 is 35.5. The second-order valence-electron chi connectivity index (χ2n) is 9.92. The molecule has 1 unspecified atom stereocenters. The van der Waals surface area contributed by atoms with Gasteiger partial charge in [0.05, 0.1) is 23.7 Å². The van der Waals surface area contributed by atoms with Gasteiger partial charge < -0.3 is 15.0 Å². The standard InChI is InChI=1S/C32H29BrClN3O5S/c33-25-14-16-26(17-15-25)43(40,41)36(20-24-10-4-5-11-27(24)34)22-31(38)37-21-30(42-29-13-7-6-12-28(29)37)32(39)35-19-18-23-8-2-1-3-9-23/h1-17,30H,18-22H2,(H,35,39). The maximum Gasteiger partial charge on any atom is 0.262 e. The summed E-state index contributed by atoms with van der Waals surface area (Å²) in [7, 11) is -4.12. The van der Waals surface area contributed by atoms with Crippen LogP contribution >= 0.6 is 27.5 Å². The highest BCUT2D eigenvalue weighted by Crippen LogP contribution is 2.34. The van der Waals surface area contributed by atoms with Crippen LogP contribution in [0.5, 0.6) is 5.75 Å². The molecule has 43 heavy (non-hydrogen) atoms. The molecule has 1 heterocycles. The van der Waals surface area contributed by atoms with Crippen LogP contribution in [0.1, 0.15) is 11.1 Å². The van der Waals surface area contributed by atoms with E-state index in [0.29, 0.717) is 35.0 Å². The van der Waals surface area contributed by atoms with E-state index in [4.69, 9.17) is 16.3 Å². The molecule has 8 nitrogen and oxygen atoms in total. The number of sulfonamides is 1. The number of fused-ring (bicyclic) bond motifs is 1. The minimum atomic E-state index is -4.12. The average Bonchev–Trinajstić information content (AvgIpc) is 3.01. The Labute approximate surface area is 264 Å². The lowest BCUT2D eigenvalue weighted by Crippen LogP contribution is -2.53. The minimum Gasteiger partial charge on any atom is -0.477 e. The number of hydrogen-bond donors (Lipinski definition) is 1. The van der Waals surface area contributed by atoms with E-state index >= 15 is 0 Å². The fourth-order valence-corrected chi connectivity index (χ4v) is 6.56. The lowest BCUT2D eigenvalue weighted by Gasteiger charge is -2.35. The fourth-order valence-electron chi connectivity index (χ4n) is 4.73. The zero-order valence-electron chi connectivity index (χ0n) is 23.0. The number of amides is 2. The van der Waals surface area contributed by atoms with Crippen LogP contribution in [0.2, 0.25) is 5.02 Å². The number of benzene rings is 4. The first-order valence-corrected chi connectivity index (χ1v) is 16.2. The fraction of sp³-hybridized carbons (Fsp3) is 0.188. The van der Waals surface area contributed by atoms with Crippen molar-refractivity contribution in [1.82, 2.24) is 9.62 Å². The van der Waals surface area contributed by atoms with Gasteiger partial charge in [-0.25, -0.2) is 8.42 Å². The first-order chi connectivity index (χ1) is 20.7. The second-order valence-corrected chi connectivity index (χ2v) is 13.2. The minimum absolute atomic E-state index is 0.0357. The molecule has 0 radical (unpaired) electrons. The highest BCUT2D eigenvalue weighted by atomic mass is 79.9. The van der Waals surface area contributed by atoms with Gasteiger partial charge in [0.2, 0.25) is 15.9 Å². The topological polar surface area (TPSA) is 96.0 Å². The van der Waals surface area contributed by atoms with Crippen molar-refractivity contribution in [3.63, 3.8) is 0 Å². The summed E-state index contributed by atoms with van der Waals surface area (Å²) in [6.07, 6.45) is -0.335. The van der Waals surface area contributed by atoms with E-state index in [2.05, 4.69) is 21.2 Å². The highest BCUT2D eigenvalue weighted by molar-refractivity contribution is 9.10. The van der Waals surface area contributed by atoms with Crippen LogP contribution in [-0.4, -0.2) is 50.3 Å². The molecule has 4 aromatic carbocycles. The van der Waals surface area contributed by atoms with Crippen molar-refractivity contribution >= 4 is 55.1 Å². The summed E-state index contributed by atoms with van der Waals surface area (Å²) in [5.74, 6) is -0.511. The third kappa shape index (κ3) is 7.45. The zero-order valence-corrected chi connectivity index (χ0v) is 26.2. The molecule has 0 aromatic heterocycles. The van der Waals surface area contributed by atoms with Crippen LogP contribution in [0.15, 0.2) is 112 Å². The van der Waals surface area contributed by atoms with Gasteiger partial charge in [-0.1, -0.05) is 88.2 Å². The summed E-state index contributed by atoms with van der Waals surface area (Å²) in [5.41, 5.74) is 2.09. The molecular formula is C32H29BrClN3O5S. The summed E-state index contributed by atoms with van der Waals surface area (Å²) >= 11 is 9.72. The smallest absolute Gasteiger partial charge is 0.262 e. The van der Waals surface area contributed by atoms with Crippen molar-refractivity contribution in [2.24, 2.45) is 0 Å². The van der Waals surface area contributed by atoms with Crippen LogP contribution < -0.4 is 15.0 Å². The van der Waals surface area contributed by atoms with Gasteiger partial charge in [0.25, 0.3) is 5.91 Å². The number of anilines is 1. The Morgan fingerprint density at radius 2 is 1.60 bits per heavy atom. The summed E-state index contributed by atoms with van der Waals surface area (Å²) in [6, 6.07) is 29.8. The molecule has 1 N–H and O–H groups in total. The molecular weight excluding hydrogens is 654 g/mol. The summed E-state index contributed by atoms with van der Waals surface area (Å²) in [6.45, 7) is -0.292. The first-order valence-electron chi connectivity index (χ1n) is 13.6. The Morgan fingerprint density at radius 3 is 2.35 bits per heavy atom. The normalized spacial score (nSPS) is 14.6. The van der Waals surface area contributed by atoms with Gasteiger partial charge in [0.1, 0.15) is 5.75 Å². The predicted molar refractivity (Wildman–Crippen MR) is 170 cm³/mol. The van der Waals surface area contributed by atoms with E-state index in [1.54, 1.807) is 60.7 Å². The van der Waals surface area contributed by atoms with Crippen molar-refractivity contribution < 1.29 is 22.7 Å². The Balaban J connectivity index is 1.38. The number of carbonyl (C=O) groups is 2. The Hall–Kier alpha value is -3.70. The maximum atomic E-state index is 13.9. The second kappa shape index (κ2) is 13.7. The van der Waals surface area contributed by atoms with Gasteiger partial charge in [0, 0.05) is 22.6 Å². The Bertz CT molecular complexity index is 1700. The predicted octanol–water partition coefficient (Wildman–Crippen LogP) is 5.45.